The zero-order valence-corrected chi connectivity index (χ0v) is 19.2. The Morgan fingerprint density at radius 2 is 1.66 bits per heavy atom. The van der Waals surface area contributed by atoms with Crippen molar-refractivity contribution >= 4 is 21.7 Å². The summed E-state index contributed by atoms with van der Waals surface area (Å²) >= 11 is 0. The van der Waals surface area contributed by atoms with Crippen molar-refractivity contribution in [1.82, 2.24) is 19.5 Å². The molecule has 29 heavy (non-hydrogen) atoms. The van der Waals surface area contributed by atoms with Gasteiger partial charge >= 0.3 is 0 Å². The number of piperazine rings is 1. The van der Waals surface area contributed by atoms with Crippen molar-refractivity contribution in [3.05, 3.63) is 18.3 Å². The van der Waals surface area contributed by atoms with Crippen molar-refractivity contribution in [2.75, 3.05) is 37.6 Å². The van der Waals surface area contributed by atoms with Gasteiger partial charge < -0.3 is 10.2 Å². The minimum absolute atomic E-state index is 0.0426. The van der Waals surface area contributed by atoms with E-state index in [0.717, 1.165) is 32.0 Å². The largest absolute Gasteiger partial charge is 0.354 e. The average molecular weight is 426 g/mol. The fourth-order valence-corrected chi connectivity index (χ4v) is 5.47. The van der Waals surface area contributed by atoms with Crippen LogP contribution in [0.15, 0.2) is 23.2 Å². The van der Waals surface area contributed by atoms with E-state index >= 15 is 0 Å². The van der Waals surface area contributed by atoms with Gasteiger partial charge in [0.2, 0.25) is 15.9 Å². The van der Waals surface area contributed by atoms with Crippen molar-refractivity contribution < 1.29 is 13.2 Å². The molecule has 1 aliphatic heterocycles. The summed E-state index contributed by atoms with van der Waals surface area (Å²) in [5.74, 6) is 0.803. The van der Waals surface area contributed by atoms with Gasteiger partial charge in [-0.05, 0) is 53.7 Å². The molecule has 0 bridgehead atoms. The highest BCUT2D eigenvalue weighted by Gasteiger charge is 2.30. The molecule has 1 N–H and O–H groups in total. The lowest BCUT2D eigenvalue weighted by atomic mass is 10.3. The van der Waals surface area contributed by atoms with Gasteiger partial charge in [-0.1, -0.05) is 0 Å². The Kier molecular flexibility index (Phi) is 8.02. The van der Waals surface area contributed by atoms with Crippen LogP contribution in [0.3, 0.4) is 0 Å². The summed E-state index contributed by atoms with van der Waals surface area (Å²) in [6.07, 6.45) is 1.45. The molecule has 2 rings (SSSR count). The van der Waals surface area contributed by atoms with Gasteiger partial charge in [0.1, 0.15) is 10.7 Å². The average Bonchev–Trinajstić information content (AvgIpc) is 2.60. The second kappa shape index (κ2) is 9.86. The van der Waals surface area contributed by atoms with E-state index in [1.807, 2.05) is 41.5 Å². The highest BCUT2D eigenvalue weighted by atomic mass is 32.2. The molecule has 1 aromatic heterocycles. The standard InChI is InChI=1S/C20H35N5O3S/c1-15(2)22-20(26)14-23-9-11-24(12-10-23)19-8-7-18(13-21-19)29(27,28)25(16(3)4)17(5)6/h7-8,13,15-17H,9-12,14H2,1-6H3,(H,22,26). The van der Waals surface area contributed by atoms with E-state index < -0.39 is 10.0 Å². The van der Waals surface area contributed by atoms with Crippen LogP contribution >= 0.6 is 0 Å². The molecule has 164 valence electrons. The topological polar surface area (TPSA) is 85.8 Å². The molecule has 1 amide bonds. The number of amides is 1. The van der Waals surface area contributed by atoms with E-state index in [1.54, 1.807) is 12.1 Å². The smallest absolute Gasteiger partial charge is 0.245 e. The van der Waals surface area contributed by atoms with E-state index in [4.69, 9.17) is 0 Å². The number of hydrogen-bond acceptors (Lipinski definition) is 6. The number of anilines is 1. The van der Waals surface area contributed by atoms with E-state index in [-0.39, 0.29) is 28.9 Å². The third-order valence-corrected chi connectivity index (χ3v) is 7.06. The first kappa shape index (κ1) is 23.6. The van der Waals surface area contributed by atoms with Crippen LogP contribution in [0.4, 0.5) is 5.82 Å². The lowest BCUT2D eigenvalue weighted by molar-refractivity contribution is -0.122. The van der Waals surface area contributed by atoms with E-state index in [2.05, 4.69) is 20.1 Å². The summed E-state index contributed by atoms with van der Waals surface area (Å²) in [6.45, 7) is 14.8. The van der Waals surface area contributed by atoms with Gasteiger partial charge in [-0.3, -0.25) is 9.69 Å². The van der Waals surface area contributed by atoms with E-state index in [0.29, 0.717) is 6.54 Å². The first-order chi connectivity index (χ1) is 13.5. The van der Waals surface area contributed by atoms with Crippen LogP contribution in [0, 0.1) is 0 Å². The number of aromatic nitrogens is 1. The maximum atomic E-state index is 13.0. The third kappa shape index (κ3) is 6.13. The fraction of sp³-hybridized carbons (Fsp3) is 0.700. The van der Waals surface area contributed by atoms with E-state index in [9.17, 15) is 13.2 Å². The van der Waals surface area contributed by atoms with Gasteiger partial charge in [-0.25, -0.2) is 13.4 Å². The van der Waals surface area contributed by atoms with Crippen LogP contribution in [0.2, 0.25) is 0 Å². The zero-order valence-electron chi connectivity index (χ0n) is 18.4. The van der Waals surface area contributed by atoms with Gasteiger partial charge in [0, 0.05) is 50.5 Å². The zero-order chi connectivity index (χ0) is 21.8. The lowest BCUT2D eigenvalue weighted by Gasteiger charge is -2.35. The molecule has 1 fully saturated rings. The summed E-state index contributed by atoms with van der Waals surface area (Å²) in [5, 5.41) is 2.91. The van der Waals surface area contributed by atoms with Crippen LogP contribution < -0.4 is 10.2 Å². The third-order valence-electron chi connectivity index (χ3n) is 4.83. The van der Waals surface area contributed by atoms with Gasteiger partial charge in [-0.2, -0.15) is 4.31 Å². The molecule has 0 aromatic carbocycles. The normalized spacial score (nSPS) is 16.3. The summed E-state index contributed by atoms with van der Waals surface area (Å²) in [5.41, 5.74) is 0. The minimum Gasteiger partial charge on any atom is -0.354 e. The second-order valence-corrected chi connectivity index (χ2v) is 10.2. The van der Waals surface area contributed by atoms with Gasteiger partial charge in [-0.15, -0.1) is 0 Å². The van der Waals surface area contributed by atoms with Crippen LogP contribution in [0.5, 0.6) is 0 Å². The molecule has 8 nitrogen and oxygen atoms in total. The SMILES string of the molecule is CC(C)NC(=O)CN1CCN(c2ccc(S(=O)(=O)N(C(C)C)C(C)C)cn2)CC1. The Morgan fingerprint density at radius 3 is 2.10 bits per heavy atom. The number of nitrogens with one attached hydrogen (secondary N) is 1. The predicted molar refractivity (Wildman–Crippen MR) is 115 cm³/mol. The molecule has 0 saturated carbocycles. The fourth-order valence-electron chi connectivity index (χ4n) is 3.69. The van der Waals surface area contributed by atoms with Gasteiger partial charge in [0.05, 0.1) is 6.54 Å². The molecule has 9 heteroatoms. The molecule has 0 atom stereocenters. The number of sulfonamides is 1. The van der Waals surface area contributed by atoms with Crippen molar-refractivity contribution in [2.45, 2.75) is 64.6 Å². The molecular formula is C20H35N5O3S. The van der Waals surface area contributed by atoms with Crippen LogP contribution in [0.25, 0.3) is 0 Å². The van der Waals surface area contributed by atoms with Gasteiger partial charge in [0.15, 0.2) is 0 Å². The molecule has 1 aromatic rings. The maximum Gasteiger partial charge on any atom is 0.245 e. The second-order valence-electron chi connectivity index (χ2n) is 8.36. The Balaban J connectivity index is 2.00. The summed E-state index contributed by atoms with van der Waals surface area (Å²) in [6, 6.07) is 3.30. The Morgan fingerprint density at radius 1 is 1.07 bits per heavy atom. The molecule has 0 radical (unpaired) electrons. The molecule has 1 saturated heterocycles. The van der Waals surface area contributed by atoms with Gasteiger partial charge in [0.25, 0.3) is 0 Å². The van der Waals surface area contributed by atoms with Crippen LogP contribution in [0.1, 0.15) is 41.5 Å². The highest BCUT2D eigenvalue weighted by Crippen LogP contribution is 2.22. The first-order valence-electron chi connectivity index (χ1n) is 10.3. The van der Waals surface area contributed by atoms with E-state index in [1.165, 1.54) is 10.5 Å². The molecule has 1 aliphatic rings. The molecule has 0 spiro atoms. The van der Waals surface area contributed by atoms with Crippen LogP contribution in [-0.2, 0) is 14.8 Å². The number of carbonyl (C=O) groups is 1. The quantitative estimate of drug-likeness (QED) is 0.680. The van der Waals surface area contributed by atoms with Crippen molar-refractivity contribution in [2.24, 2.45) is 0 Å². The lowest BCUT2D eigenvalue weighted by Crippen LogP contribution is -2.50. The molecule has 2 heterocycles. The molecule has 0 unspecified atom stereocenters. The monoisotopic (exact) mass is 425 g/mol. The minimum atomic E-state index is -3.58. The first-order valence-corrected chi connectivity index (χ1v) is 11.7. The molecular weight excluding hydrogens is 390 g/mol. The number of hydrogen-bond donors (Lipinski definition) is 1. The number of pyridine rings is 1. The Bertz CT molecular complexity index is 762. The summed E-state index contributed by atoms with van der Waals surface area (Å²) < 4.78 is 27.4. The van der Waals surface area contributed by atoms with Crippen molar-refractivity contribution in [3.8, 4) is 0 Å². The number of carbonyl (C=O) groups excluding carboxylic acids is 1. The maximum absolute atomic E-state index is 13.0. The Labute approximate surface area is 175 Å². The summed E-state index contributed by atoms with van der Waals surface area (Å²) in [7, 11) is -3.58. The molecule has 0 aliphatic carbocycles. The number of nitrogens with zero attached hydrogens (tertiary/aromatic N) is 4. The Hall–Kier alpha value is -1.71. The number of rotatable bonds is 8. The van der Waals surface area contributed by atoms with Crippen LogP contribution in [-0.4, -0.2) is 79.4 Å². The highest BCUT2D eigenvalue weighted by molar-refractivity contribution is 7.89. The van der Waals surface area contributed by atoms with Crippen molar-refractivity contribution in [1.29, 1.82) is 0 Å². The predicted octanol–water partition coefficient (Wildman–Crippen LogP) is 1.54. The van der Waals surface area contributed by atoms with Crippen molar-refractivity contribution in [3.63, 3.8) is 0 Å². The summed E-state index contributed by atoms with van der Waals surface area (Å²) in [4.78, 5) is 20.8.